The summed E-state index contributed by atoms with van der Waals surface area (Å²) in [4.78, 5) is 15.5. The molecule has 0 saturated carbocycles. The average molecular weight is 292 g/mol. The molecule has 0 radical (unpaired) electrons. The monoisotopic (exact) mass is 291 g/mol. The van der Waals surface area contributed by atoms with Crippen LogP contribution in [0.2, 0.25) is 0 Å². The minimum Gasteiger partial charge on any atom is -0.311 e. The number of carbonyl (C=O) groups is 1. The fourth-order valence-electron chi connectivity index (χ4n) is 1.18. The molecule has 0 aromatic carbocycles. The molecular weight excluding hydrogens is 282 g/mol. The van der Waals surface area contributed by atoms with Gasteiger partial charge in [0.2, 0.25) is 5.91 Å². The largest absolute Gasteiger partial charge is 0.311 e. The highest BCUT2D eigenvalue weighted by Crippen LogP contribution is 2.14. The van der Waals surface area contributed by atoms with E-state index in [1.807, 2.05) is 6.07 Å². The van der Waals surface area contributed by atoms with Gasteiger partial charge in [-0.1, -0.05) is 0 Å². The van der Waals surface area contributed by atoms with Gasteiger partial charge in [0.15, 0.2) is 0 Å². The zero-order chi connectivity index (χ0) is 12.7. The molecule has 1 heterocycles. The third-order valence-corrected chi connectivity index (χ3v) is 2.32. The van der Waals surface area contributed by atoms with Gasteiger partial charge in [-0.2, -0.15) is 5.26 Å². The number of amides is 1. The van der Waals surface area contributed by atoms with Crippen LogP contribution < -0.4 is 5.32 Å². The number of anilines is 1. The van der Waals surface area contributed by atoms with Crippen molar-refractivity contribution < 1.29 is 4.79 Å². The first-order chi connectivity index (χ1) is 8.15. The Kier molecular flexibility index (Phi) is 5.19. The van der Waals surface area contributed by atoms with Crippen LogP contribution in [-0.2, 0) is 4.79 Å². The molecule has 0 fully saturated rings. The van der Waals surface area contributed by atoms with Gasteiger partial charge >= 0.3 is 0 Å². The number of carbonyl (C=O) groups excluding carboxylic acids is 1. The van der Waals surface area contributed by atoms with E-state index in [0.717, 1.165) is 0 Å². The first-order valence-electron chi connectivity index (χ1n) is 4.96. The van der Waals surface area contributed by atoms with E-state index in [4.69, 9.17) is 11.7 Å². The summed E-state index contributed by atoms with van der Waals surface area (Å²) in [6.45, 7) is 0. The van der Waals surface area contributed by atoms with Crippen LogP contribution in [0.1, 0.15) is 24.8 Å². The SMILES string of the molecule is C#CCCCC(=O)Nc1cc(C#N)cc(Br)n1. The minimum absolute atomic E-state index is 0.158. The second kappa shape index (κ2) is 6.67. The van der Waals surface area contributed by atoms with Crippen molar-refractivity contribution in [2.24, 2.45) is 0 Å². The average Bonchev–Trinajstić information content (AvgIpc) is 2.28. The Labute approximate surface area is 108 Å². The van der Waals surface area contributed by atoms with Crippen LogP contribution in [0.25, 0.3) is 0 Å². The third-order valence-electron chi connectivity index (χ3n) is 1.92. The molecule has 0 atom stereocenters. The minimum atomic E-state index is -0.158. The number of aromatic nitrogens is 1. The van der Waals surface area contributed by atoms with Gasteiger partial charge in [0, 0.05) is 12.8 Å². The van der Waals surface area contributed by atoms with Gasteiger partial charge in [0.1, 0.15) is 10.4 Å². The van der Waals surface area contributed by atoms with Crippen molar-refractivity contribution in [3.8, 4) is 18.4 Å². The smallest absolute Gasteiger partial charge is 0.225 e. The number of hydrogen-bond acceptors (Lipinski definition) is 3. The molecule has 1 aromatic rings. The fraction of sp³-hybridized carbons (Fsp3) is 0.250. The third kappa shape index (κ3) is 4.67. The van der Waals surface area contributed by atoms with Crippen molar-refractivity contribution in [1.29, 1.82) is 5.26 Å². The van der Waals surface area contributed by atoms with Crippen molar-refractivity contribution in [2.75, 3.05) is 5.32 Å². The van der Waals surface area contributed by atoms with E-state index in [1.165, 1.54) is 6.07 Å². The van der Waals surface area contributed by atoms with Crippen molar-refractivity contribution >= 4 is 27.7 Å². The van der Waals surface area contributed by atoms with Gasteiger partial charge in [-0.25, -0.2) is 4.98 Å². The number of rotatable bonds is 4. The highest BCUT2D eigenvalue weighted by Gasteiger charge is 2.05. The Balaban J connectivity index is 2.63. The molecule has 0 saturated heterocycles. The summed E-state index contributed by atoms with van der Waals surface area (Å²) in [6.07, 6.45) is 6.65. The van der Waals surface area contributed by atoms with E-state index in [2.05, 4.69) is 32.2 Å². The second-order valence-corrected chi connectivity index (χ2v) is 4.09. The van der Waals surface area contributed by atoms with Crippen LogP contribution in [0.4, 0.5) is 5.82 Å². The van der Waals surface area contributed by atoms with Crippen LogP contribution in [0, 0.1) is 23.7 Å². The Morgan fingerprint density at radius 1 is 1.59 bits per heavy atom. The molecule has 0 aliphatic rings. The summed E-state index contributed by atoms with van der Waals surface area (Å²) in [7, 11) is 0. The Bertz CT molecular complexity index is 499. The lowest BCUT2D eigenvalue weighted by Crippen LogP contribution is -2.12. The summed E-state index contributed by atoms with van der Waals surface area (Å²) in [5, 5.41) is 11.4. The zero-order valence-electron chi connectivity index (χ0n) is 9.03. The molecule has 5 heteroatoms. The molecule has 1 N–H and O–H groups in total. The molecule has 4 nitrogen and oxygen atoms in total. The Morgan fingerprint density at radius 3 is 3.00 bits per heavy atom. The number of nitrogens with zero attached hydrogens (tertiary/aromatic N) is 2. The standard InChI is InChI=1S/C12H10BrN3O/c1-2-3-4-5-12(17)16-11-7-9(8-14)6-10(13)15-11/h1,6-7H,3-5H2,(H,15,16,17). The molecule has 0 aliphatic heterocycles. The Morgan fingerprint density at radius 2 is 2.35 bits per heavy atom. The molecule has 0 aliphatic carbocycles. The van der Waals surface area contributed by atoms with Gasteiger partial charge < -0.3 is 5.32 Å². The van der Waals surface area contributed by atoms with E-state index in [0.29, 0.717) is 35.2 Å². The maximum Gasteiger partial charge on any atom is 0.225 e. The van der Waals surface area contributed by atoms with Crippen molar-refractivity contribution in [1.82, 2.24) is 4.98 Å². The number of terminal acetylenes is 1. The van der Waals surface area contributed by atoms with Crippen LogP contribution in [0.5, 0.6) is 0 Å². The lowest BCUT2D eigenvalue weighted by molar-refractivity contribution is -0.116. The van der Waals surface area contributed by atoms with Crippen molar-refractivity contribution in [3.63, 3.8) is 0 Å². The highest BCUT2D eigenvalue weighted by molar-refractivity contribution is 9.10. The molecule has 1 aromatic heterocycles. The van der Waals surface area contributed by atoms with E-state index in [-0.39, 0.29) is 5.91 Å². The molecular formula is C12H10BrN3O. The lowest BCUT2D eigenvalue weighted by Gasteiger charge is -2.04. The number of pyridine rings is 1. The van der Waals surface area contributed by atoms with E-state index < -0.39 is 0 Å². The topological polar surface area (TPSA) is 65.8 Å². The van der Waals surface area contributed by atoms with Gasteiger partial charge in [0.25, 0.3) is 0 Å². The predicted molar refractivity (Wildman–Crippen MR) is 68.0 cm³/mol. The van der Waals surface area contributed by atoms with Gasteiger partial charge in [-0.15, -0.1) is 12.3 Å². The number of unbranched alkanes of at least 4 members (excludes halogenated alkanes) is 1. The Hall–Kier alpha value is -1.85. The number of nitriles is 1. The van der Waals surface area contributed by atoms with Gasteiger partial charge in [-0.05, 0) is 34.5 Å². The number of hydrogen-bond donors (Lipinski definition) is 1. The van der Waals surface area contributed by atoms with Crippen molar-refractivity contribution in [3.05, 3.63) is 22.3 Å². The number of halogens is 1. The quantitative estimate of drug-likeness (QED) is 0.526. The predicted octanol–water partition coefficient (Wildman–Crippen LogP) is 2.46. The van der Waals surface area contributed by atoms with Crippen LogP contribution in [0.15, 0.2) is 16.7 Å². The maximum atomic E-state index is 11.5. The van der Waals surface area contributed by atoms with E-state index in [9.17, 15) is 4.79 Å². The van der Waals surface area contributed by atoms with Crippen LogP contribution in [0.3, 0.4) is 0 Å². The fourth-order valence-corrected chi connectivity index (χ4v) is 1.62. The number of nitrogens with one attached hydrogen (secondary N) is 1. The highest BCUT2D eigenvalue weighted by atomic mass is 79.9. The first-order valence-corrected chi connectivity index (χ1v) is 5.76. The summed E-state index contributed by atoms with van der Waals surface area (Å²) in [5.41, 5.74) is 0.436. The molecule has 0 bridgehead atoms. The molecule has 1 amide bonds. The van der Waals surface area contributed by atoms with E-state index >= 15 is 0 Å². The summed E-state index contributed by atoms with van der Waals surface area (Å²) < 4.78 is 0.510. The molecule has 86 valence electrons. The second-order valence-electron chi connectivity index (χ2n) is 3.28. The van der Waals surface area contributed by atoms with Gasteiger partial charge in [0.05, 0.1) is 11.6 Å². The molecule has 1 rings (SSSR count). The lowest BCUT2D eigenvalue weighted by atomic mass is 10.2. The molecule has 17 heavy (non-hydrogen) atoms. The van der Waals surface area contributed by atoms with Gasteiger partial charge in [-0.3, -0.25) is 4.79 Å². The normalized spacial score (nSPS) is 9.12. The summed E-state index contributed by atoms with van der Waals surface area (Å²) in [6, 6.07) is 5.08. The first kappa shape index (κ1) is 13.2. The van der Waals surface area contributed by atoms with Crippen LogP contribution >= 0.6 is 15.9 Å². The molecule has 0 spiro atoms. The van der Waals surface area contributed by atoms with E-state index in [1.54, 1.807) is 6.07 Å². The maximum absolute atomic E-state index is 11.5. The zero-order valence-corrected chi connectivity index (χ0v) is 10.6. The summed E-state index contributed by atoms with van der Waals surface area (Å²) >= 11 is 3.17. The molecule has 0 unspecified atom stereocenters. The van der Waals surface area contributed by atoms with Crippen LogP contribution in [-0.4, -0.2) is 10.9 Å². The van der Waals surface area contributed by atoms with Crippen molar-refractivity contribution in [2.45, 2.75) is 19.3 Å². The summed E-state index contributed by atoms with van der Waals surface area (Å²) in [5.74, 6) is 2.67.